The molecule has 0 radical (unpaired) electrons. The van der Waals surface area contributed by atoms with Crippen molar-refractivity contribution in [2.45, 2.75) is 17.4 Å². The second-order valence-corrected chi connectivity index (χ2v) is 6.14. The first-order chi connectivity index (χ1) is 10.7. The molecule has 3 nitrogen and oxygen atoms in total. The number of hydrogen-bond donors (Lipinski definition) is 1. The molecule has 0 bridgehead atoms. The molecule has 1 aliphatic heterocycles. The number of fused-ring (bicyclic) bond motifs is 1. The first kappa shape index (κ1) is 14.8. The number of nitrogens with one attached hydrogen (secondary N) is 1. The lowest BCUT2D eigenvalue weighted by Crippen LogP contribution is -2.29. The van der Waals surface area contributed by atoms with Crippen LogP contribution in [-0.2, 0) is 4.79 Å². The molecule has 1 aliphatic rings. The number of rotatable bonds is 3. The number of halogens is 1. The summed E-state index contributed by atoms with van der Waals surface area (Å²) in [5.74, 6) is 0.456. The molecule has 1 amide bonds. The number of hydrogen-bond acceptors (Lipinski definition) is 3. The van der Waals surface area contributed by atoms with Crippen molar-refractivity contribution in [1.29, 1.82) is 0 Å². The molecule has 1 aromatic carbocycles. The van der Waals surface area contributed by atoms with Crippen molar-refractivity contribution in [3.63, 3.8) is 0 Å². The lowest BCUT2D eigenvalue weighted by molar-refractivity contribution is -0.117. The summed E-state index contributed by atoms with van der Waals surface area (Å²) < 4.78 is 13.4. The van der Waals surface area contributed by atoms with Gasteiger partial charge in [0.15, 0.2) is 0 Å². The molecule has 0 saturated carbocycles. The minimum absolute atomic E-state index is 0.141. The number of carbonyl (C=O) groups is 1. The van der Waals surface area contributed by atoms with E-state index in [1.54, 1.807) is 36.3 Å². The van der Waals surface area contributed by atoms with Crippen LogP contribution in [0.3, 0.4) is 0 Å². The van der Waals surface area contributed by atoms with Gasteiger partial charge in [-0.2, -0.15) is 0 Å². The highest BCUT2D eigenvalue weighted by Gasteiger charge is 2.22. The number of pyridine rings is 1. The smallest absolute Gasteiger partial charge is 0.244 e. The standard InChI is InChI=1S/C17H15FN2OS/c18-13-4-5-16-14(10-13)15(7-9-22-16)20-17(21)6-3-12-2-1-8-19-11-12/h1-6,8,10-11,15H,7,9H2,(H,20,21)/b6-3+. The molecule has 5 heteroatoms. The van der Waals surface area contributed by atoms with E-state index < -0.39 is 0 Å². The zero-order valence-electron chi connectivity index (χ0n) is 11.8. The van der Waals surface area contributed by atoms with Crippen LogP contribution in [0.5, 0.6) is 0 Å². The van der Waals surface area contributed by atoms with E-state index in [1.165, 1.54) is 18.2 Å². The number of benzene rings is 1. The first-order valence-corrected chi connectivity index (χ1v) is 8.02. The average Bonchev–Trinajstić information content (AvgIpc) is 2.54. The highest BCUT2D eigenvalue weighted by molar-refractivity contribution is 7.99. The van der Waals surface area contributed by atoms with Gasteiger partial charge in [0, 0.05) is 29.1 Å². The molecule has 0 aliphatic carbocycles. The van der Waals surface area contributed by atoms with Crippen LogP contribution in [0, 0.1) is 5.82 Å². The second-order valence-electron chi connectivity index (χ2n) is 5.00. The maximum absolute atomic E-state index is 13.4. The fraction of sp³-hybridized carbons (Fsp3) is 0.176. The summed E-state index contributed by atoms with van der Waals surface area (Å²) in [5.41, 5.74) is 1.72. The summed E-state index contributed by atoms with van der Waals surface area (Å²) in [6.07, 6.45) is 7.37. The average molecular weight is 314 g/mol. The van der Waals surface area contributed by atoms with Gasteiger partial charge in [-0.1, -0.05) is 6.07 Å². The Morgan fingerprint density at radius 3 is 3.14 bits per heavy atom. The highest BCUT2D eigenvalue weighted by atomic mass is 32.2. The van der Waals surface area contributed by atoms with Gasteiger partial charge in [0.25, 0.3) is 0 Å². The Morgan fingerprint density at radius 1 is 1.41 bits per heavy atom. The van der Waals surface area contributed by atoms with E-state index in [4.69, 9.17) is 0 Å². The molecule has 112 valence electrons. The van der Waals surface area contributed by atoms with E-state index in [9.17, 15) is 9.18 Å². The quantitative estimate of drug-likeness (QED) is 0.880. The van der Waals surface area contributed by atoms with Gasteiger partial charge >= 0.3 is 0 Å². The first-order valence-electron chi connectivity index (χ1n) is 7.03. The van der Waals surface area contributed by atoms with Crippen LogP contribution in [0.2, 0.25) is 0 Å². The summed E-state index contributed by atoms with van der Waals surface area (Å²) in [4.78, 5) is 17.1. The van der Waals surface area contributed by atoms with Crippen molar-refractivity contribution in [3.8, 4) is 0 Å². The summed E-state index contributed by atoms with van der Waals surface area (Å²) >= 11 is 1.69. The molecule has 0 fully saturated rings. The van der Waals surface area contributed by atoms with Gasteiger partial charge in [-0.05, 0) is 47.9 Å². The molecular weight excluding hydrogens is 299 g/mol. The molecule has 2 aromatic rings. The zero-order valence-corrected chi connectivity index (χ0v) is 12.6. The fourth-order valence-corrected chi connectivity index (χ4v) is 3.49. The Labute approximate surface area is 132 Å². The van der Waals surface area contributed by atoms with E-state index in [2.05, 4.69) is 10.3 Å². The van der Waals surface area contributed by atoms with E-state index in [0.29, 0.717) is 0 Å². The van der Waals surface area contributed by atoms with E-state index in [-0.39, 0.29) is 17.8 Å². The molecule has 1 unspecified atom stereocenters. The maximum atomic E-state index is 13.4. The Hall–Kier alpha value is -2.14. The molecule has 22 heavy (non-hydrogen) atoms. The molecule has 2 heterocycles. The lowest BCUT2D eigenvalue weighted by Gasteiger charge is -2.25. The van der Waals surface area contributed by atoms with Gasteiger partial charge in [0.2, 0.25) is 5.91 Å². The minimum atomic E-state index is -0.272. The summed E-state index contributed by atoms with van der Waals surface area (Å²) in [6.45, 7) is 0. The van der Waals surface area contributed by atoms with Gasteiger partial charge in [-0.3, -0.25) is 9.78 Å². The monoisotopic (exact) mass is 314 g/mol. The summed E-state index contributed by atoms with van der Waals surface area (Å²) in [6, 6.07) is 8.29. The summed E-state index contributed by atoms with van der Waals surface area (Å²) in [5, 5.41) is 2.95. The van der Waals surface area contributed by atoms with Crippen LogP contribution < -0.4 is 5.32 Å². The van der Waals surface area contributed by atoms with Crippen LogP contribution in [-0.4, -0.2) is 16.6 Å². The molecule has 1 aromatic heterocycles. The Morgan fingerprint density at radius 2 is 2.32 bits per heavy atom. The molecule has 0 saturated heterocycles. The van der Waals surface area contributed by atoms with E-state index >= 15 is 0 Å². The fourth-order valence-electron chi connectivity index (χ4n) is 2.38. The minimum Gasteiger partial charge on any atom is -0.346 e. The third kappa shape index (κ3) is 3.54. The number of nitrogens with zero attached hydrogens (tertiary/aromatic N) is 1. The van der Waals surface area contributed by atoms with Gasteiger partial charge < -0.3 is 5.32 Å². The van der Waals surface area contributed by atoms with E-state index in [1.807, 2.05) is 12.1 Å². The molecule has 1 N–H and O–H groups in total. The van der Waals surface area contributed by atoms with Crippen LogP contribution in [0.25, 0.3) is 6.08 Å². The predicted octanol–water partition coefficient (Wildman–Crippen LogP) is 3.59. The van der Waals surface area contributed by atoms with Crippen LogP contribution >= 0.6 is 11.8 Å². The van der Waals surface area contributed by atoms with E-state index in [0.717, 1.165) is 28.2 Å². The van der Waals surface area contributed by atoms with Crippen molar-refractivity contribution >= 4 is 23.7 Å². The topological polar surface area (TPSA) is 42.0 Å². The summed E-state index contributed by atoms with van der Waals surface area (Å²) in [7, 11) is 0. The Kier molecular flexibility index (Phi) is 4.53. The lowest BCUT2D eigenvalue weighted by atomic mass is 10.0. The SMILES string of the molecule is O=C(/C=C/c1cccnc1)NC1CCSc2ccc(F)cc21. The Bertz CT molecular complexity index is 703. The number of aromatic nitrogens is 1. The third-order valence-electron chi connectivity index (χ3n) is 3.44. The van der Waals surface area contributed by atoms with Crippen molar-refractivity contribution in [1.82, 2.24) is 10.3 Å². The molecule has 3 rings (SSSR count). The normalized spacial score (nSPS) is 17.2. The number of amides is 1. The second kappa shape index (κ2) is 6.75. The zero-order chi connectivity index (χ0) is 15.4. The van der Waals surface area contributed by atoms with Gasteiger partial charge in [0.1, 0.15) is 5.82 Å². The van der Waals surface area contributed by atoms with Crippen LogP contribution in [0.15, 0.2) is 53.7 Å². The van der Waals surface area contributed by atoms with Crippen LogP contribution in [0.4, 0.5) is 4.39 Å². The molecule has 1 atom stereocenters. The van der Waals surface area contributed by atoms with Crippen molar-refractivity contribution < 1.29 is 9.18 Å². The Balaban J connectivity index is 1.70. The maximum Gasteiger partial charge on any atom is 0.244 e. The molecular formula is C17H15FN2OS. The highest BCUT2D eigenvalue weighted by Crippen LogP contribution is 2.36. The van der Waals surface area contributed by atoms with Crippen molar-refractivity contribution in [3.05, 3.63) is 65.7 Å². The van der Waals surface area contributed by atoms with Crippen LogP contribution in [0.1, 0.15) is 23.6 Å². The third-order valence-corrected chi connectivity index (χ3v) is 4.56. The van der Waals surface area contributed by atoms with Gasteiger partial charge in [-0.25, -0.2) is 4.39 Å². The molecule has 0 spiro atoms. The predicted molar refractivity (Wildman–Crippen MR) is 85.9 cm³/mol. The number of thioether (sulfide) groups is 1. The van der Waals surface area contributed by atoms with Crippen molar-refractivity contribution in [2.75, 3.05) is 5.75 Å². The number of carbonyl (C=O) groups excluding carboxylic acids is 1. The van der Waals surface area contributed by atoms with Crippen molar-refractivity contribution in [2.24, 2.45) is 0 Å². The van der Waals surface area contributed by atoms with Gasteiger partial charge in [0.05, 0.1) is 6.04 Å². The largest absolute Gasteiger partial charge is 0.346 e. The van der Waals surface area contributed by atoms with Gasteiger partial charge in [-0.15, -0.1) is 11.8 Å².